The molecule has 0 unspecified atom stereocenters. The van der Waals surface area contributed by atoms with Crippen LogP contribution < -0.4 is 10.6 Å². The Balaban J connectivity index is 2.28. The summed E-state index contributed by atoms with van der Waals surface area (Å²) in [6, 6.07) is 5.70. The second kappa shape index (κ2) is 9.34. The van der Waals surface area contributed by atoms with E-state index in [1.54, 1.807) is 0 Å². The van der Waals surface area contributed by atoms with Crippen molar-refractivity contribution in [1.29, 1.82) is 0 Å². The predicted octanol–water partition coefficient (Wildman–Crippen LogP) is 2.08. The summed E-state index contributed by atoms with van der Waals surface area (Å²) in [5.74, 6) is 0. The van der Waals surface area contributed by atoms with Crippen LogP contribution in [0.4, 0.5) is 10.5 Å². The number of ether oxygens (including phenoxy) is 1. The zero-order valence-corrected chi connectivity index (χ0v) is 12.2. The van der Waals surface area contributed by atoms with E-state index in [1.165, 1.54) is 11.1 Å². The average molecular weight is 280 g/mol. The van der Waals surface area contributed by atoms with Crippen molar-refractivity contribution in [3.8, 4) is 0 Å². The fraction of sp³-hybridized carbons (Fsp3) is 0.533. The van der Waals surface area contributed by atoms with Crippen LogP contribution in [0.3, 0.4) is 0 Å². The molecule has 0 aromatic heterocycles. The molecule has 20 heavy (non-hydrogen) atoms. The molecule has 5 heteroatoms. The van der Waals surface area contributed by atoms with Crippen LogP contribution >= 0.6 is 0 Å². The highest BCUT2D eigenvalue weighted by Gasteiger charge is 2.03. The molecule has 3 N–H and O–H groups in total. The van der Waals surface area contributed by atoms with Gasteiger partial charge in [-0.1, -0.05) is 13.0 Å². The number of benzene rings is 1. The van der Waals surface area contributed by atoms with Gasteiger partial charge in [-0.25, -0.2) is 4.79 Å². The lowest BCUT2D eigenvalue weighted by Crippen LogP contribution is -2.30. The summed E-state index contributed by atoms with van der Waals surface area (Å²) in [5.41, 5.74) is 3.28. The molecule has 0 saturated heterocycles. The topological polar surface area (TPSA) is 70.6 Å². The number of anilines is 1. The van der Waals surface area contributed by atoms with E-state index in [0.29, 0.717) is 19.8 Å². The molecule has 5 nitrogen and oxygen atoms in total. The van der Waals surface area contributed by atoms with Gasteiger partial charge in [-0.2, -0.15) is 0 Å². The van der Waals surface area contributed by atoms with Crippen LogP contribution in [-0.2, 0) is 11.2 Å². The highest BCUT2D eigenvalue weighted by molar-refractivity contribution is 5.89. The number of amides is 2. The zero-order chi connectivity index (χ0) is 14.8. The summed E-state index contributed by atoms with van der Waals surface area (Å²) in [6.45, 7) is 5.61. The van der Waals surface area contributed by atoms with Crippen molar-refractivity contribution in [3.05, 3.63) is 29.3 Å². The summed E-state index contributed by atoms with van der Waals surface area (Å²) in [6.07, 6.45) is 1.67. The van der Waals surface area contributed by atoms with Crippen molar-refractivity contribution < 1.29 is 14.6 Å². The molecule has 0 heterocycles. The van der Waals surface area contributed by atoms with Crippen molar-refractivity contribution >= 4 is 11.7 Å². The maximum Gasteiger partial charge on any atom is 0.319 e. The molecule has 0 fully saturated rings. The standard InChI is InChI=1S/C15H24N2O3/c1-3-13-11-14(6-5-12(13)2)17-15(19)16-7-4-9-20-10-8-18/h5-6,11,18H,3-4,7-10H2,1-2H3,(H2,16,17,19). The molecular weight excluding hydrogens is 256 g/mol. The molecule has 0 aliphatic carbocycles. The van der Waals surface area contributed by atoms with Crippen LogP contribution in [0.25, 0.3) is 0 Å². The zero-order valence-electron chi connectivity index (χ0n) is 12.2. The molecule has 0 radical (unpaired) electrons. The number of nitrogens with one attached hydrogen (secondary N) is 2. The van der Waals surface area contributed by atoms with Gasteiger partial charge < -0.3 is 20.5 Å². The first-order valence-electron chi connectivity index (χ1n) is 7.00. The van der Waals surface area contributed by atoms with E-state index in [1.807, 2.05) is 18.2 Å². The molecule has 1 rings (SSSR count). The number of aliphatic hydroxyl groups is 1. The largest absolute Gasteiger partial charge is 0.394 e. The van der Waals surface area contributed by atoms with Gasteiger partial charge in [-0.3, -0.25) is 0 Å². The monoisotopic (exact) mass is 280 g/mol. The molecule has 2 amide bonds. The van der Waals surface area contributed by atoms with Gasteiger partial charge in [-0.15, -0.1) is 0 Å². The van der Waals surface area contributed by atoms with E-state index in [-0.39, 0.29) is 12.6 Å². The SMILES string of the molecule is CCc1cc(NC(=O)NCCCOCCO)ccc1C. The van der Waals surface area contributed by atoms with Crippen LogP contribution in [0.2, 0.25) is 0 Å². The van der Waals surface area contributed by atoms with E-state index in [9.17, 15) is 4.79 Å². The fourth-order valence-electron chi connectivity index (χ4n) is 1.85. The van der Waals surface area contributed by atoms with Crippen LogP contribution in [0.15, 0.2) is 18.2 Å². The molecule has 0 atom stereocenters. The number of hydrogen-bond donors (Lipinski definition) is 3. The van der Waals surface area contributed by atoms with E-state index in [4.69, 9.17) is 9.84 Å². The predicted molar refractivity (Wildman–Crippen MR) is 80.1 cm³/mol. The Morgan fingerprint density at radius 1 is 1.35 bits per heavy atom. The number of aryl methyl sites for hydroxylation is 2. The second-order valence-corrected chi connectivity index (χ2v) is 4.57. The molecule has 112 valence electrons. The van der Waals surface area contributed by atoms with Crippen LogP contribution in [0, 0.1) is 6.92 Å². The van der Waals surface area contributed by atoms with Gasteiger partial charge in [0.2, 0.25) is 0 Å². The van der Waals surface area contributed by atoms with E-state index in [2.05, 4.69) is 24.5 Å². The smallest absolute Gasteiger partial charge is 0.319 e. The molecule has 0 aliphatic heterocycles. The van der Waals surface area contributed by atoms with Gasteiger partial charge in [-0.05, 0) is 43.0 Å². The fourth-order valence-corrected chi connectivity index (χ4v) is 1.85. The number of carbonyl (C=O) groups is 1. The van der Waals surface area contributed by atoms with Crippen LogP contribution in [-0.4, -0.2) is 37.5 Å². The Kier molecular flexibility index (Phi) is 7.69. The van der Waals surface area contributed by atoms with E-state index in [0.717, 1.165) is 18.5 Å². The maximum absolute atomic E-state index is 11.7. The molecular formula is C15H24N2O3. The maximum atomic E-state index is 11.7. The minimum absolute atomic E-state index is 0.0289. The third kappa shape index (κ3) is 6.04. The van der Waals surface area contributed by atoms with Crippen molar-refractivity contribution in [1.82, 2.24) is 5.32 Å². The first-order chi connectivity index (χ1) is 9.67. The lowest BCUT2D eigenvalue weighted by Gasteiger charge is -2.10. The molecule has 0 aliphatic rings. The summed E-state index contributed by atoms with van der Waals surface area (Å²) in [5, 5.41) is 14.1. The Hall–Kier alpha value is -1.59. The summed E-state index contributed by atoms with van der Waals surface area (Å²) in [7, 11) is 0. The number of aliphatic hydroxyl groups excluding tert-OH is 1. The lowest BCUT2D eigenvalue weighted by molar-refractivity contribution is 0.0910. The Morgan fingerprint density at radius 2 is 2.15 bits per heavy atom. The summed E-state index contributed by atoms with van der Waals surface area (Å²) < 4.78 is 5.10. The van der Waals surface area contributed by atoms with Crippen LogP contribution in [0.5, 0.6) is 0 Å². The molecule has 1 aromatic carbocycles. The first-order valence-corrected chi connectivity index (χ1v) is 7.00. The summed E-state index contributed by atoms with van der Waals surface area (Å²) >= 11 is 0. The normalized spacial score (nSPS) is 10.3. The number of urea groups is 1. The van der Waals surface area contributed by atoms with E-state index >= 15 is 0 Å². The molecule has 0 bridgehead atoms. The van der Waals surface area contributed by atoms with Gasteiger partial charge in [0.1, 0.15) is 0 Å². The van der Waals surface area contributed by atoms with Gasteiger partial charge in [0, 0.05) is 18.8 Å². The van der Waals surface area contributed by atoms with Crippen molar-refractivity contribution in [3.63, 3.8) is 0 Å². The third-order valence-corrected chi connectivity index (χ3v) is 2.97. The van der Waals surface area contributed by atoms with E-state index < -0.39 is 0 Å². The molecule has 0 saturated carbocycles. The van der Waals surface area contributed by atoms with Gasteiger partial charge in [0.25, 0.3) is 0 Å². The van der Waals surface area contributed by atoms with Gasteiger partial charge in [0.05, 0.1) is 13.2 Å². The Labute approximate surface area is 120 Å². The Bertz CT molecular complexity index is 422. The summed E-state index contributed by atoms with van der Waals surface area (Å²) in [4.78, 5) is 11.7. The first kappa shape index (κ1) is 16.5. The molecule has 1 aromatic rings. The van der Waals surface area contributed by atoms with Gasteiger partial charge in [0.15, 0.2) is 0 Å². The van der Waals surface area contributed by atoms with Crippen LogP contribution in [0.1, 0.15) is 24.5 Å². The number of hydrogen-bond acceptors (Lipinski definition) is 3. The Morgan fingerprint density at radius 3 is 2.85 bits per heavy atom. The second-order valence-electron chi connectivity index (χ2n) is 4.57. The van der Waals surface area contributed by atoms with Crippen molar-refractivity contribution in [2.45, 2.75) is 26.7 Å². The van der Waals surface area contributed by atoms with Crippen molar-refractivity contribution in [2.24, 2.45) is 0 Å². The quantitative estimate of drug-likeness (QED) is 0.638. The van der Waals surface area contributed by atoms with Gasteiger partial charge >= 0.3 is 6.03 Å². The highest BCUT2D eigenvalue weighted by Crippen LogP contribution is 2.15. The average Bonchev–Trinajstić information content (AvgIpc) is 2.44. The van der Waals surface area contributed by atoms with Crippen molar-refractivity contribution in [2.75, 3.05) is 31.7 Å². The number of carbonyl (C=O) groups excluding carboxylic acids is 1. The third-order valence-electron chi connectivity index (χ3n) is 2.97. The minimum Gasteiger partial charge on any atom is -0.394 e. The highest BCUT2D eigenvalue weighted by atomic mass is 16.5. The number of rotatable bonds is 8. The lowest BCUT2D eigenvalue weighted by atomic mass is 10.1. The molecule has 0 spiro atoms. The minimum atomic E-state index is -0.210.